The molecule has 1 aromatic rings. The van der Waals surface area contributed by atoms with Crippen molar-refractivity contribution in [2.45, 2.75) is 76.7 Å². The van der Waals surface area contributed by atoms with Crippen LogP contribution in [0.5, 0.6) is 5.75 Å². The first kappa shape index (κ1) is 28.1. The van der Waals surface area contributed by atoms with Crippen molar-refractivity contribution in [1.82, 2.24) is 15.5 Å². The van der Waals surface area contributed by atoms with Gasteiger partial charge in [0.15, 0.2) is 6.04 Å². The van der Waals surface area contributed by atoms with Crippen molar-refractivity contribution in [2.24, 2.45) is 11.7 Å². The van der Waals surface area contributed by atoms with E-state index in [4.69, 9.17) is 5.73 Å². The number of likely N-dealkylation sites (tertiary alicyclic amines) is 1. The maximum atomic E-state index is 13.5. The van der Waals surface area contributed by atoms with Gasteiger partial charge in [-0.25, -0.2) is 4.79 Å². The summed E-state index contributed by atoms with van der Waals surface area (Å²) in [5.74, 6) is -3.15. The van der Waals surface area contributed by atoms with E-state index in [0.29, 0.717) is 19.3 Å². The first-order valence-corrected chi connectivity index (χ1v) is 11.8. The fourth-order valence-corrected chi connectivity index (χ4v) is 4.04. The normalized spacial score (nSPS) is 19.8. The summed E-state index contributed by atoms with van der Waals surface area (Å²) in [4.78, 5) is 51.8. The number of phenols is 1. The highest BCUT2D eigenvalue weighted by Crippen LogP contribution is 2.22. The molecule has 1 aromatic carbocycles. The summed E-state index contributed by atoms with van der Waals surface area (Å²) in [6.07, 6.45) is 0.350. The SMILES string of the molecule is CCC(C)C(NC(=O)C(N)Cc1ccc(O)cc1)C(=O)N1CCCC1C(=O)NC(C(=O)O)C(C)O. The zero-order chi connectivity index (χ0) is 26.3. The van der Waals surface area contributed by atoms with E-state index in [9.17, 15) is 34.5 Å². The molecule has 1 saturated heterocycles. The standard InChI is InChI=1S/C24H36N4O7/c1-4-13(2)19(26-21(31)17(25)12-15-7-9-16(30)10-8-15)23(33)28-11-5-6-18(28)22(32)27-20(14(3)29)24(34)35/h7-10,13-14,17-20,29-30H,4-6,11-12,25H2,1-3H3,(H,26,31)(H,27,32)(H,34,35). The third kappa shape index (κ3) is 7.40. The van der Waals surface area contributed by atoms with Crippen molar-refractivity contribution in [1.29, 1.82) is 0 Å². The smallest absolute Gasteiger partial charge is 0.328 e. The Hall–Kier alpha value is -3.18. The number of carbonyl (C=O) groups is 4. The van der Waals surface area contributed by atoms with Gasteiger partial charge in [0.25, 0.3) is 0 Å². The summed E-state index contributed by atoms with van der Waals surface area (Å²) in [5, 5.41) is 33.4. The highest BCUT2D eigenvalue weighted by Gasteiger charge is 2.40. The van der Waals surface area contributed by atoms with Gasteiger partial charge in [-0.15, -0.1) is 0 Å². The molecule has 0 bridgehead atoms. The molecule has 11 nitrogen and oxygen atoms in total. The number of carbonyl (C=O) groups excluding carboxylic acids is 3. The lowest BCUT2D eigenvalue weighted by Crippen LogP contribution is -2.59. The zero-order valence-corrected chi connectivity index (χ0v) is 20.3. The van der Waals surface area contributed by atoms with E-state index in [1.165, 1.54) is 24.0 Å². The predicted octanol–water partition coefficient (Wildman–Crippen LogP) is -0.266. The highest BCUT2D eigenvalue weighted by atomic mass is 16.4. The minimum Gasteiger partial charge on any atom is -0.508 e. The van der Waals surface area contributed by atoms with Crippen molar-refractivity contribution in [3.8, 4) is 5.75 Å². The minimum atomic E-state index is -1.50. The number of amides is 3. The maximum absolute atomic E-state index is 13.5. The third-order valence-corrected chi connectivity index (χ3v) is 6.39. The number of rotatable bonds is 11. The summed E-state index contributed by atoms with van der Waals surface area (Å²) in [6, 6.07) is 2.06. The number of nitrogens with one attached hydrogen (secondary N) is 2. The quantitative estimate of drug-likeness (QED) is 0.244. The number of aliphatic hydroxyl groups is 1. The van der Waals surface area contributed by atoms with Crippen molar-refractivity contribution in [3.63, 3.8) is 0 Å². The molecule has 1 fully saturated rings. The molecule has 0 spiro atoms. The molecule has 0 radical (unpaired) electrons. The molecule has 35 heavy (non-hydrogen) atoms. The van der Waals surface area contributed by atoms with Gasteiger partial charge in [-0.3, -0.25) is 14.4 Å². The van der Waals surface area contributed by atoms with Crippen LogP contribution in [0.25, 0.3) is 0 Å². The van der Waals surface area contributed by atoms with Crippen LogP contribution < -0.4 is 16.4 Å². The highest BCUT2D eigenvalue weighted by molar-refractivity contribution is 5.94. The molecule has 7 N–H and O–H groups in total. The number of nitrogens with two attached hydrogens (primary N) is 1. The summed E-state index contributed by atoms with van der Waals surface area (Å²) >= 11 is 0. The van der Waals surface area contributed by atoms with E-state index < -0.39 is 54.0 Å². The first-order chi connectivity index (χ1) is 16.5. The van der Waals surface area contributed by atoms with E-state index >= 15 is 0 Å². The molecule has 194 valence electrons. The number of benzene rings is 1. The van der Waals surface area contributed by atoms with Crippen molar-refractivity contribution in [3.05, 3.63) is 29.8 Å². The Labute approximate surface area is 204 Å². The van der Waals surface area contributed by atoms with Gasteiger partial charge in [-0.2, -0.15) is 0 Å². The molecule has 1 heterocycles. The van der Waals surface area contributed by atoms with E-state index in [2.05, 4.69) is 10.6 Å². The predicted molar refractivity (Wildman–Crippen MR) is 127 cm³/mol. The Kier molecular flexibility index (Phi) is 10.0. The van der Waals surface area contributed by atoms with Gasteiger partial charge >= 0.3 is 5.97 Å². The fraction of sp³-hybridized carbons (Fsp3) is 0.583. The number of hydrogen-bond acceptors (Lipinski definition) is 7. The summed E-state index contributed by atoms with van der Waals surface area (Å²) < 4.78 is 0. The number of aromatic hydroxyl groups is 1. The van der Waals surface area contributed by atoms with Crippen LogP contribution in [0.4, 0.5) is 0 Å². The Morgan fingerprint density at radius 3 is 2.29 bits per heavy atom. The van der Waals surface area contributed by atoms with Crippen LogP contribution in [0.15, 0.2) is 24.3 Å². The summed E-state index contributed by atoms with van der Waals surface area (Å²) in [7, 11) is 0. The monoisotopic (exact) mass is 492 g/mol. The molecule has 1 aliphatic heterocycles. The topological polar surface area (TPSA) is 182 Å². The number of carboxylic acid groups (broad SMARTS) is 1. The van der Waals surface area contributed by atoms with Crippen molar-refractivity contribution in [2.75, 3.05) is 6.54 Å². The van der Waals surface area contributed by atoms with Gasteiger partial charge in [0.2, 0.25) is 17.7 Å². The Bertz CT molecular complexity index is 906. The average Bonchev–Trinajstić information content (AvgIpc) is 3.30. The van der Waals surface area contributed by atoms with E-state index in [-0.39, 0.29) is 24.6 Å². The number of phenolic OH excluding ortho intramolecular Hbond substituents is 1. The van der Waals surface area contributed by atoms with Gasteiger partial charge in [0.1, 0.15) is 17.8 Å². The lowest BCUT2D eigenvalue weighted by atomic mass is 9.96. The lowest BCUT2D eigenvalue weighted by Gasteiger charge is -2.32. The number of carboxylic acids is 1. The zero-order valence-electron chi connectivity index (χ0n) is 20.3. The molecular weight excluding hydrogens is 456 g/mol. The van der Waals surface area contributed by atoms with Crippen LogP contribution in [0.1, 0.15) is 45.6 Å². The van der Waals surface area contributed by atoms with E-state index in [1.54, 1.807) is 12.1 Å². The lowest BCUT2D eigenvalue weighted by molar-refractivity contribution is -0.147. The first-order valence-electron chi connectivity index (χ1n) is 11.8. The van der Waals surface area contributed by atoms with Gasteiger partial charge in [-0.1, -0.05) is 32.4 Å². The Balaban J connectivity index is 2.12. The van der Waals surface area contributed by atoms with Gasteiger partial charge in [0, 0.05) is 6.54 Å². The molecule has 6 atom stereocenters. The molecule has 0 aliphatic carbocycles. The summed E-state index contributed by atoms with van der Waals surface area (Å²) in [6.45, 7) is 5.23. The van der Waals surface area contributed by atoms with Gasteiger partial charge in [0.05, 0.1) is 12.1 Å². The van der Waals surface area contributed by atoms with E-state index in [0.717, 1.165) is 5.56 Å². The number of nitrogens with zero attached hydrogens (tertiary/aromatic N) is 1. The molecular formula is C24H36N4O7. The Morgan fingerprint density at radius 2 is 1.74 bits per heavy atom. The minimum absolute atomic E-state index is 0.0986. The second-order valence-electron chi connectivity index (χ2n) is 9.10. The van der Waals surface area contributed by atoms with Crippen molar-refractivity contribution < 1.29 is 34.5 Å². The van der Waals surface area contributed by atoms with Crippen LogP contribution in [0.2, 0.25) is 0 Å². The number of aliphatic hydroxyl groups excluding tert-OH is 1. The fourth-order valence-electron chi connectivity index (χ4n) is 4.04. The second-order valence-corrected chi connectivity index (χ2v) is 9.10. The molecule has 0 aromatic heterocycles. The molecule has 2 rings (SSSR count). The number of aliphatic carboxylic acids is 1. The van der Waals surface area contributed by atoms with Crippen LogP contribution >= 0.6 is 0 Å². The second kappa shape index (κ2) is 12.5. The molecule has 1 aliphatic rings. The average molecular weight is 493 g/mol. The molecule has 0 saturated carbocycles. The van der Waals surface area contributed by atoms with Crippen molar-refractivity contribution >= 4 is 23.7 Å². The van der Waals surface area contributed by atoms with Crippen LogP contribution in [0, 0.1) is 5.92 Å². The van der Waals surface area contributed by atoms with Gasteiger partial charge < -0.3 is 36.6 Å². The molecule has 6 unspecified atom stereocenters. The van der Waals surface area contributed by atoms with Crippen LogP contribution in [-0.4, -0.2) is 80.7 Å². The molecule has 11 heteroatoms. The molecule has 3 amide bonds. The largest absolute Gasteiger partial charge is 0.508 e. The van der Waals surface area contributed by atoms with Crippen LogP contribution in [-0.2, 0) is 25.6 Å². The number of hydrogen-bond donors (Lipinski definition) is 6. The van der Waals surface area contributed by atoms with E-state index in [1.807, 2.05) is 13.8 Å². The maximum Gasteiger partial charge on any atom is 0.328 e. The Morgan fingerprint density at radius 1 is 1.11 bits per heavy atom. The summed E-state index contributed by atoms with van der Waals surface area (Å²) in [5.41, 5.74) is 6.82. The van der Waals surface area contributed by atoms with Crippen LogP contribution in [0.3, 0.4) is 0 Å². The third-order valence-electron chi connectivity index (χ3n) is 6.39. The van der Waals surface area contributed by atoms with Gasteiger partial charge in [-0.05, 0) is 49.8 Å².